The third-order valence-corrected chi connectivity index (χ3v) is 5.51. The van der Waals surface area contributed by atoms with Gasteiger partial charge in [0.25, 0.3) is 5.91 Å². The summed E-state index contributed by atoms with van der Waals surface area (Å²) in [4.78, 5) is 27.5. The van der Waals surface area contributed by atoms with Crippen molar-refractivity contribution in [3.8, 4) is 0 Å². The van der Waals surface area contributed by atoms with Gasteiger partial charge in [-0.1, -0.05) is 13.0 Å². The SMILES string of the molecule is COCCNC(=O)[C@@H]1COC2(CCC(C)CC2)N1C(=O)c1cccc(F)c1. The lowest BCUT2D eigenvalue weighted by Gasteiger charge is -2.43. The number of benzene rings is 1. The number of ether oxygens (including phenoxy) is 2. The average molecular weight is 378 g/mol. The van der Waals surface area contributed by atoms with Crippen molar-refractivity contribution in [3.05, 3.63) is 35.6 Å². The van der Waals surface area contributed by atoms with Crippen LogP contribution in [0.3, 0.4) is 0 Å². The molecule has 1 aromatic carbocycles. The van der Waals surface area contributed by atoms with Crippen molar-refractivity contribution in [1.82, 2.24) is 10.2 Å². The average Bonchev–Trinajstić information content (AvgIpc) is 3.03. The number of nitrogens with one attached hydrogen (secondary N) is 1. The molecule has 0 aromatic heterocycles. The van der Waals surface area contributed by atoms with Crippen LogP contribution in [-0.2, 0) is 14.3 Å². The Morgan fingerprint density at radius 3 is 2.78 bits per heavy atom. The largest absolute Gasteiger partial charge is 0.383 e. The fraction of sp³-hybridized carbons (Fsp3) is 0.600. The van der Waals surface area contributed by atoms with Crippen LogP contribution in [0.4, 0.5) is 4.39 Å². The predicted octanol–water partition coefficient (Wildman–Crippen LogP) is 2.34. The van der Waals surface area contributed by atoms with Gasteiger partial charge < -0.3 is 14.8 Å². The summed E-state index contributed by atoms with van der Waals surface area (Å²) in [5.41, 5.74) is -0.563. The lowest BCUT2D eigenvalue weighted by Crippen LogP contribution is -2.57. The number of nitrogens with zero attached hydrogens (tertiary/aromatic N) is 1. The molecule has 1 spiro atoms. The highest BCUT2D eigenvalue weighted by atomic mass is 19.1. The Morgan fingerprint density at radius 2 is 2.11 bits per heavy atom. The Hall–Kier alpha value is -1.99. The Kier molecular flexibility index (Phi) is 6.11. The monoisotopic (exact) mass is 378 g/mol. The van der Waals surface area contributed by atoms with E-state index >= 15 is 0 Å². The topological polar surface area (TPSA) is 67.9 Å². The molecule has 2 amide bonds. The number of amides is 2. The van der Waals surface area contributed by atoms with E-state index in [1.54, 1.807) is 18.1 Å². The summed E-state index contributed by atoms with van der Waals surface area (Å²) in [5.74, 6) is -0.561. The van der Waals surface area contributed by atoms with E-state index in [1.807, 2.05) is 0 Å². The number of methoxy groups -OCH3 is 1. The summed E-state index contributed by atoms with van der Waals surface area (Å²) in [5, 5.41) is 2.79. The van der Waals surface area contributed by atoms with E-state index in [1.165, 1.54) is 18.2 Å². The fourth-order valence-corrected chi connectivity index (χ4v) is 3.93. The van der Waals surface area contributed by atoms with Crippen LogP contribution in [0.15, 0.2) is 24.3 Å². The number of hydrogen-bond acceptors (Lipinski definition) is 4. The van der Waals surface area contributed by atoms with E-state index < -0.39 is 17.6 Å². The van der Waals surface area contributed by atoms with E-state index in [-0.39, 0.29) is 24.0 Å². The summed E-state index contributed by atoms with van der Waals surface area (Å²) in [7, 11) is 1.56. The van der Waals surface area contributed by atoms with Crippen molar-refractivity contribution < 1.29 is 23.5 Å². The third kappa shape index (κ3) is 4.14. The molecular weight excluding hydrogens is 351 g/mol. The quantitative estimate of drug-likeness (QED) is 0.799. The van der Waals surface area contributed by atoms with Crippen LogP contribution < -0.4 is 5.32 Å². The normalized spacial score (nSPS) is 27.7. The Morgan fingerprint density at radius 1 is 1.37 bits per heavy atom. The van der Waals surface area contributed by atoms with Crippen LogP contribution in [0.2, 0.25) is 0 Å². The van der Waals surface area contributed by atoms with Crippen molar-refractivity contribution in [2.75, 3.05) is 26.9 Å². The standard InChI is InChI=1S/C20H27FN2O4/c1-14-6-8-20(9-7-14)23(19(25)15-4-3-5-16(21)12-15)17(13-27-20)18(24)22-10-11-26-2/h3-5,12,14,17H,6-11,13H2,1-2H3,(H,22,24)/t14?,17-,20?/m0/s1. The summed E-state index contributed by atoms with van der Waals surface area (Å²) in [6.45, 7) is 3.07. The lowest BCUT2D eigenvalue weighted by molar-refractivity contribution is -0.128. The number of halogens is 1. The van der Waals surface area contributed by atoms with Gasteiger partial charge in [0.05, 0.1) is 13.2 Å². The van der Waals surface area contributed by atoms with Crippen LogP contribution in [0.25, 0.3) is 0 Å². The minimum absolute atomic E-state index is 0.147. The van der Waals surface area contributed by atoms with Gasteiger partial charge in [0.15, 0.2) is 0 Å². The Bertz CT molecular complexity index is 688. The molecule has 3 rings (SSSR count). The molecule has 1 saturated heterocycles. The molecule has 1 aromatic rings. The van der Waals surface area contributed by atoms with Gasteiger partial charge in [-0.2, -0.15) is 0 Å². The number of hydrogen-bond donors (Lipinski definition) is 1. The maximum atomic E-state index is 13.7. The summed E-state index contributed by atoms with van der Waals surface area (Å²) < 4.78 is 24.7. The molecular formula is C20H27FN2O4. The van der Waals surface area contributed by atoms with Crippen molar-refractivity contribution in [1.29, 1.82) is 0 Å². The van der Waals surface area contributed by atoms with Crippen LogP contribution in [0.5, 0.6) is 0 Å². The van der Waals surface area contributed by atoms with E-state index in [9.17, 15) is 14.0 Å². The molecule has 1 aliphatic carbocycles. The minimum Gasteiger partial charge on any atom is -0.383 e. The molecule has 27 heavy (non-hydrogen) atoms. The predicted molar refractivity (Wildman–Crippen MR) is 97.6 cm³/mol. The molecule has 2 fully saturated rings. The van der Waals surface area contributed by atoms with Gasteiger partial charge in [0, 0.05) is 19.2 Å². The van der Waals surface area contributed by atoms with Gasteiger partial charge in [0.2, 0.25) is 5.91 Å². The van der Waals surface area contributed by atoms with E-state index in [0.29, 0.717) is 31.9 Å². The van der Waals surface area contributed by atoms with Gasteiger partial charge in [-0.3, -0.25) is 14.5 Å². The Labute approximate surface area is 159 Å². The number of carbonyl (C=O) groups excluding carboxylic acids is 2. The Balaban J connectivity index is 1.87. The molecule has 1 N–H and O–H groups in total. The zero-order valence-corrected chi connectivity index (χ0v) is 15.9. The molecule has 1 heterocycles. The number of rotatable bonds is 5. The van der Waals surface area contributed by atoms with Crippen LogP contribution >= 0.6 is 0 Å². The first-order chi connectivity index (χ1) is 13.0. The molecule has 1 atom stereocenters. The maximum absolute atomic E-state index is 13.7. The van der Waals surface area contributed by atoms with Crippen molar-refractivity contribution in [3.63, 3.8) is 0 Å². The van der Waals surface area contributed by atoms with Crippen molar-refractivity contribution in [2.45, 2.75) is 44.4 Å². The summed E-state index contributed by atoms with van der Waals surface area (Å²) >= 11 is 0. The van der Waals surface area contributed by atoms with E-state index in [4.69, 9.17) is 9.47 Å². The molecule has 2 aliphatic rings. The number of carbonyl (C=O) groups is 2. The van der Waals surface area contributed by atoms with Gasteiger partial charge in [-0.15, -0.1) is 0 Å². The zero-order valence-electron chi connectivity index (χ0n) is 15.9. The highest BCUT2D eigenvalue weighted by molar-refractivity contribution is 5.98. The smallest absolute Gasteiger partial charge is 0.256 e. The van der Waals surface area contributed by atoms with Crippen molar-refractivity contribution in [2.24, 2.45) is 5.92 Å². The second-order valence-electron chi connectivity index (χ2n) is 7.42. The van der Waals surface area contributed by atoms with Gasteiger partial charge >= 0.3 is 0 Å². The highest BCUT2D eigenvalue weighted by Crippen LogP contribution is 2.43. The molecule has 0 bridgehead atoms. The lowest BCUT2D eigenvalue weighted by atomic mass is 9.83. The van der Waals surface area contributed by atoms with Crippen LogP contribution in [0.1, 0.15) is 43.0 Å². The first kappa shape index (κ1) is 19.8. The summed E-state index contributed by atoms with van der Waals surface area (Å²) in [6.07, 6.45) is 3.20. The van der Waals surface area contributed by atoms with Crippen molar-refractivity contribution >= 4 is 11.8 Å². The maximum Gasteiger partial charge on any atom is 0.256 e. The van der Waals surface area contributed by atoms with Crippen LogP contribution in [0, 0.1) is 11.7 Å². The first-order valence-electron chi connectivity index (χ1n) is 9.47. The van der Waals surface area contributed by atoms with E-state index in [2.05, 4.69) is 12.2 Å². The molecule has 1 saturated carbocycles. The molecule has 7 heteroatoms. The minimum atomic E-state index is -0.792. The van der Waals surface area contributed by atoms with Gasteiger partial charge in [-0.05, 0) is 49.8 Å². The zero-order chi connectivity index (χ0) is 19.4. The second-order valence-corrected chi connectivity index (χ2v) is 7.42. The summed E-state index contributed by atoms with van der Waals surface area (Å²) in [6, 6.07) is 4.85. The molecule has 0 unspecified atom stereocenters. The highest BCUT2D eigenvalue weighted by Gasteiger charge is 2.53. The second kappa shape index (κ2) is 8.35. The molecule has 0 radical (unpaired) electrons. The molecule has 1 aliphatic heterocycles. The van der Waals surface area contributed by atoms with Gasteiger partial charge in [0.1, 0.15) is 17.6 Å². The molecule has 148 valence electrons. The fourth-order valence-electron chi connectivity index (χ4n) is 3.93. The first-order valence-corrected chi connectivity index (χ1v) is 9.47. The third-order valence-electron chi connectivity index (χ3n) is 5.51. The molecule has 6 nitrogen and oxygen atoms in total. The van der Waals surface area contributed by atoms with Crippen LogP contribution in [-0.4, -0.2) is 55.3 Å². The van der Waals surface area contributed by atoms with E-state index in [0.717, 1.165) is 12.8 Å². The van der Waals surface area contributed by atoms with Gasteiger partial charge in [-0.25, -0.2) is 4.39 Å².